The van der Waals surface area contributed by atoms with Crippen LogP contribution in [0.3, 0.4) is 0 Å². The summed E-state index contributed by atoms with van der Waals surface area (Å²) >= 11 is 0. The van der Waals surface area contributed by atoms with Crippen LogP contribution in [-0.2, 0) is 7.05 Å². The third-order valence-corrected chi connectivity index (χ3v) is 3.61. The molecule has 0 bridgehead atoms. The normalized spacial score (nSPS) is 17.2. The Balaban J connectivity index is 1.87. The highest BCUT2D eigenvalue weighted by atomic mass is 16.5. The van der Waals surface area contributed by atoms with Gasteiger partial charge in [-0.1, -0.05) is 5.16 Å². The van der Waals surface area contributed by atoms with Gasteiger partial charge in [0.05, 0.1) is 11.8 Å². The second-order valence-corrected chi connectivity index (χ2v) is 4.75. The number of nitrogens with zero attached hydrogens (tertiary/aromatic N) is 4. The average Bonchev–Trinajstić information content (AvgIpc) is 3.00. The Morgan fingerprint density at radius 2 is 2.17 bits per heavy atom. The molecule has 2 aromatic heterocycles. The first-order valence-corrected chi connectivity index (χ1v) is 6.29. The molecule has 3 heterocycles. The van der Waals surface area contributed by atoms with Crippen LogP contribution in [0, 0.1) is 6.92 Å². The van der Waals surface area contributed by atoms with E-state index in [1.54, 1.807) is 6.20 Å². The van der Waals surface area contributed by atoms with E-state index in [1.165, 1.54) is 0 Å². The summed E-state index contributed by atoms with van der Waals surface area (Å²) in [4.78, 5) is 4.52. The topological polar surface area (TPSA) is 68.8 Å². The van der Waals surface area contributed by atoms with E-state index in [0.29, 0.717) is 11.8 Å². The molecule has 1 saturated heterocycles. The van der Waals surface area contributed by atoms with Crippen molar-refractivity contribution in [2.45, 2.75) is 25.7 Å². The lowest BCUT2D eigenvalue weighted by atomic mass is 9.98. The van der Waals surface area contributed by atoms with Crippen molar-refractivity contribution in [2.24, 2.45) is 7.05 Å². The van der Waals surface area contributed by atoms with Gasteiger partial charge in [0.1, 0.15) is 0 Å². The van der Waals surface area contributed by atoms with Crippen molar-refractivity contribution in [3.63, 3.8) is 0 Å². The van der Waals surface area contributed by atoms with Crippen molar-refractivity contribution in [2.75, 3.05) is 13.1 Å². The van der Waals surface area contributed by atoms with E-state index < -0.39 is 0 Å². The maximum atomic E-state index is 5.36. The minimum Gasteiger partial charge on any atom is -0.334 e. The van der Waals surface area contributed by atoms with Crippen molar-refractivity contribution in [3.8, 4) is 11.5 Å². The van der Waals surface area contributed by atoms with Crippen LogP contribution in [-0.4, -0.2) is 33.0 Å². The molecule has 6 nitrogen and oxygen atoms in total. The molecule has 1 fully saturated rings. The molecular formula is C12H17N5O. The summed E-state index contributed by atoms with van der Waals surface area (Å²) in [6.45, 7) is 4.05. The third-order valence-electron chi connectivity index (χ3n) is 3.61. The number of piperidine rings is 1. The molecule has 1 aliphatic rings. The van der Waals surface area contributed by atoms with Crippen LogP contribution in [0.5, 0.6) is 0 Å². The maximum Gasteiger partial charge on any atom is 0.261 e. The molecule has 0 aliphatic carbocycles. The lowest BCUT2D eigenvalue weighted by Crippen LogP contribution is -2.27. The molecule has 6 heteroatoms. The first kappa shape index (κ1) is 11.4. The fourth-order valence-electron chi connectivity index (χ4n) is 2.30. The van der Waals surface area contributed by atoms with Crippen LogP contribution in [0.2, 0.25) is 0 Å². The monoisotopic (exact) mass is 247 g/mol. The van der Waals surface area contributed by atoms with Crippen LogP contribution in [0.25, 0.3) is 11.5 Å². The summed E-state index contributed by atoms with van der Waals surface area (Å²) in [5, 5.41) is 11.6. The summed E-state index contributed by atoms with van der Waals surface area (Å²) in [6.07, 6.45) is 3.92. The SMILES string of the molecule is Cc1c(-c2nc(C3CCNCC3)no2)cnn1C. The van der Waals surface area contributed by atoms with Crippen molar-refractivity contribution in [1.82, 2.24) is 25.2 Å². The Bertz CT molecular complexity index is 538. The Kier molecular flexibility index (Phi) is 2.87. The molecule has 0 saturated carbocycles. The maximum absolute atomic E-state index is 5.36. The van der Waals surface area contributed by atoms with Crippen molar-refractivity contribution in [1.29, 1.82) is 0 Å². The van der Waals surface area contributed by atoms with E-state index in [-0.39, 0.29) is 0 Å². The van der Waals surface area contributed by atoms with Gasteiger partial charge in [0, 0.05) is 18.7 Å². The van der Waals surface area contributed by atoms with Gasteiger partial charge in [-0.25, -0.2) is 0 Å². The fraction of sp³-hybridized carbons (Fsp3) is 0.583. The van der Waals surface area contributed by atoms with Gasteiger partial charge >= 0.3 is 0 Å². The number of hydrogen-bond acceptors (Lipinski definition) is 5. The molecule has 2 aromatic rings. The second-order valence-electron chi connectivity index (χ2n) is 4.75. The van der Waals surface area contributed by atoms with Gasteiger partial charge in [-0.3, -0.25) is 4.68 Å². The first-order valence-electron chi connectivity index (χ1n) is 6.29. The quantitative estimate of drug-likeness (QED) is 0.864. The predicted molar refractivity (Wildman–Crippen MR) is 66.1 cm³/mol. The molecule has 1 aliphatic heterocycles. The number of rotatable bonds is 2. The van der Waals surface area contributed by atoms with Crippen molar-refractivity contribution in [3.05, 3.63) is 17.7 Å². The largest absolute Gasteiger partial charge is 0.334 e. The van der Waals surface area contributed by atoms with Gasteiger partial charge in [-0.05, 0) is 32.9 Å². The Hall–Kier alpha value is -1.69. The molecule has 0 unspecified atom stereocenters. The van der Waals surface area contributed by atoms with Gasteiger partial charge in [0.25, 0.3) is 5.89 Å². The predicted octanol–water partition coefficient (Wildman–Crippen LogP) is 1.25. The standard InChI is InChI=1S/C12H17N5O/c1-8-10(7-14-17(8)2)12-15-11(16-18-12)9-3-5-13-6-4-9/h7,9,13H,3-6H2,1-2H3. The van der Waals surface area contributed by atoms with Crippen LogP contribution >= 0.6 is 0 Å². The summed E-state index contributed by atoms with van der Waals surface area (Å²) in [6, 6.07) is 0. The van der Waals surface area contributed by atoms with E-state index in [4.69, 9.17) is 4.52 Å². The summed E-state index contributed by atoms with van der Waals surface area (Å²) in [5.41, 5.74) is 1.96. The van der Waals surface area contributed by atoms with Crippen molar-refractivity contribution < 1.29 is 4.52 Å². The summed E-state index contributed by atoms with van der Waals surface area (Å²) < 4.78 is 7.17. The van der Waals surface area contributed by atoms with Crippen LogP contribution < -0.4 is 5.32 Å². The van der Waals surface area contributed by atoms with Gasteiger partial charge in [0.2, 0.25) is 0 Å². The molecule has 1 N–H and O–H groups in total. The molecular weight excluding hydrogens is 230 g/mol. The molecule has 0 spiro atoms. The van der Waals surface area contributed by atoms with E-state index in [9.17, 15) is 0 Å². The number of nitrogens with one attached hydrogen (secondary N) is 1. The first-order chi connectivity index (χ1) is 8.75. The number of hydrogen-bond donors (Lipinski definition) is 1. The van der Waals surface area contributed by atoms with Gasteiger partial charge in [0.15, 0.2) is 5.82 Å². The van der Waals surface area contributed by atoms with E-state index in [0.717, 1.165) is 43.0 Å². The zero-order valence-corrected chi connectivity index (χ0v) is 10.7. The Morgan fingerprint density at radius 1 is 1.39 bits per heavy atom. The van der Waals surface area contributed by atoms with E-state index in [2.05, 4.69) is 20.6 Å². The third kappa shape index (κ3) is 1.92. The number of aromatic nitrogens is 4. The zero-order chi connectivity index (χ0) is 12.5. The van der Waals surface area contributed by atoms with E-state index in [1.807, 2.05) is 18.7 Å². The fourth-order valence-corrected chi connectivity index (χ4v) is 2.30. The highest BCUT2D eigenvalue weighted by molar-refractivity contribution is 5.54. The number of aryl methyl sites for hydroxylation is 1. The molecule has 0 atom stereocenters. The smallest absolute Gasteiger partial charge is 0.261 e. The Labute approximate surface area is 105 Å². The minimum atomic E-state index is 0.417. The average molecular weight is 247 g/mol. The van der Waals surface area contributed by atoms with Crippen molar-refractivity contribution >= 4 is 0 Å². The summed E-state index contributed by atoms with van der Waals surface area (Å²) in [7, 11) is 1.91. The minimum absolute atomic E-state index is 0.417. The van der Waals surface area contributed by atoms with Crippen LogP contribution in [0.1, 0.15) is 30.3 Å². The van der Waals surface area contributed by atoms with Gasteiger partial charge in [-0.15, -0.1) is 0 Å². The van der Waals surface area contributed by atoms with Gasteiger partial charge < -0.3 is 9.84 Å². The highest BCUT2D eigenvalue weighted by Gasteiger charge is 2.22. The molecule has 18 heavy (non-hydrogen) atoms. The zero-order valence-electron chi connectivity index (χ0n) is 10.7. The summed E-state index contributed by atoms with van der Waals surface area (Å²) in [5.74, 6) is 1.82. The highest BCUT2D eigenvalue weighted by Crippen LogP contribution is 2.26. The van der Waals surface area contributed by atoms with E-state index >= 15 is 0 Å². The molecule has 3 rings (SSSR count). The molecule has 0 aromatic carbocycles. The molecule has 96 valence electrons. The Morgan fingerprint density at radius 3 is 2.83 bits per heavy atom. The van der Waals surface area contributed by atoms with Crippen LogP contribution in [0.15, 0.2) is 10.7 Å². The lowest BCUT2D eigenvalue weighted by Gasteiger charge is -2.18. The van der Waals surface area contributed by atoms with Crippen LogP contribution in [0.4, 0.5) is 0 Å². The lowest BCUT2D eigenvalue weighted by molar-refractivity contribution is 0.392. The van der Waals surface area contributed by atoms with Gasteiger partial charge in [-0.2, -0.15) is 10.1 Å². The molecule has 0 radical (unpaired) electrons. The second kappa shape index (κ2) is 4.53. The molecule has 0 amide bonds.